The Bertz CT molecular complexity index is 318. The van der Waals surface area contributed by atoms with Crippen LogP contribution in [0, 0.1) is 0 Å². The van der Waals surface area contributed by atoms with Crippen LogP contribution in [0.25, 0.3) is 0 Å². The topological polar surface area (TPSA) is 35.6 Å². The van der Waals surface area contributed by atoms with E-state index in [1.165, 1.54) is 19.3 Å². The van der Waals surface area contributed by atoms with Crippen molar-refractivity contribution in [3.8, 4) is 0 Å². The highest BCUT2D eigenvalue weighted by Crippen LogP contribution is 2.31. The average Bonchev–Trinajstić information content (AvgIpc) is 2.48. The summed E-state index contributed by atoms with van der Waals surface area (Å²) in [6.07, 6.45) is 9.04. The third-order valence-electron chi connectivity index (χ3n) is 5.46. The van der Waals surface area contributed by atoms with Crippen molar-refractivity contribution in [1.29, 1.82) is 0 Å². The molecule has 1 aliphatic heterocycles. The number of likely N-dealkylation sites (tertiary alicyclic amines) is 1. The number of nitrogens with zero attached hydrogens (tertiary/aromatic N) is 2. The first-order chi connectivity index (χ1) is 9.56. The van der Waals surface area contributed by atoms with Gasteiger partial charge in [-0.25, -0.2) is 0 Å². The molecule has 2 fully saturated rings. The van der Waals surface area contributed by atoms with Crippen LogP contribution in [0.15, 0.2) is 0 Å². The quantitative estimate of drug-likeness (QED) is 0.854. The molecule has 4 heteroatoms. The van der Waals surface area contributed by atoms with E-state index < -0.39 is 0 Å². The molecule has 1 aliphatic carbocycles. The molecule has 2 rings (SSSR count). The van der Waals surface area contributed by atoms with Gasteiger partial charge in [0.25, 0.3) is 0 Å². The second-order valence-electron chi connectivity index (χ2n) is 6.81. The molecule has 0 spiro atoms. The van der Waals surface area contributed by atoms with Crippen LogP contribution in [0.4, 0.5) is 0 Å². The van der Waals surface area contributed by atoms with Gasteiger partial charge in [0.05, 0.1) is 0 Å². The molecular weight excluding hydrogens is 250 g/mol. The van der Waals surface area contributed by atoms with Crippen molar-refractivity contribution in [2.24, 2.45) is 0 Å². The number of carbonyl (C=O) groups is 1. The van der Waals surface area contributed by atoms with E-state index in [2.05, 4.69) is 17.3 Å². The van der Waals surface area contributed by atoms with E-state index in [0.717, 1.165) is 38.8 Å². The molecule has 0 aromatic heterocycles. The highest BCUT2D eigenvalue weighted by atomic mass is 16.2. The van der Waals surface area contributed by atoms with E-state index in [4.69, 9.17) is 0 Å². The van der Waals surface area contributed by atoms with E-state index in [9.17, 15) is 4.79 Å². The monoisotopic (exact) mass is 281 g/mol. The summed E-state index contributed by atoms with van der Waals surface area (Å²) in [7, 11) is 6.19. The van der Waals surface area contributed by atoms with Crippen LogP contribution >= 0.6 is 0 Å². The number of carbonyl (C=O) groups excluding carboxylic acids is 1. The smallest absolute Gasteiger partial charge is 0.224 e. The summed E-state index contributed by atoms with van der Waals surface area (Å²) < 4.78 is 0. The lowest BCUT2D eigenvalue weighted by Gasteiger charge is -2.40. The molecule has 0 bridgehead atoms. The number of hydrogen-bond donors (Lipinski definition) is 1. The van der Waals surface area contributed by atoms with Gasteiger partial charge in [-0.1, -0.05) is 19.3 Å². The van der Waals surface area contributed by atoms with Gasteiger partial charge in [-0.3, -0.25) is 4.79 Å². The molecule has 1 saturated heterocycles. The van der Waals surface area contributed by atoms with Crippen molar-refractivity contribution in [3.63, 3.8) is 0 Å². The zero-order valence-corrected chi connectivity index (χ0v) is 13.5. The summed E-state index contributed by atoms with van der Waals surface area (Å²) in [5, 5.41) is 3.46. The lowest BCUT2D eigenvalue weighted by molar-refractivity contribution is -0.134. The first kappa shape index (κ1) is 15.8. The average molecular weight is 281 g/mol. The predicted octanol–water partition coefficient (Wildman–Crippen LogP) is 1.85. The van der Waals surface area contributed by atoms with Crippen molar-refractivity contribution in [2.45, 2.75) is 62.9 Å². The molecule has 1 saturated carbocycles. The maximum Gasteiger partial charge on any atom is 0.224 e. The molecule has 20 heavy (non-hydrogen) atoms. The summed E-state index contributed by atoms with van der Waals surface area (Å²) in [5.74, 6) is 0.329. The summed E-state index contributed by atoms with van der Waals surface area (Å²) in [4.78, 5) is 17.0. The van der Waals surface area contributed by atoms with Gasteiger partial charge in [-0.2, -0.15) is 0 Å². The standard InChI is InChI=1S/C16H31N3O/c1-17-16(9-5-4-6-10-16)13-15(20)19(3)14-7-11-18(2)12-8-14/h14,17H,4-13H2,1-3H3. The van der Waals surface area contributed by atoms with Gasteiger partial charge in [0, 0.05) is 25.0 Å². The Balaban J connectivity index is 1.89. The minimum absolute atomic E-state index is 0.0645. The molecule has 4 nitrogen and oxygen atoms in total. The van der Waals surface area contributed by atoms with Gasteiger partial charge < -0.3 is 15.1 Å². The molecule has 1 heterocycles. The van der Waals surface area contributed by atoms with Gasteiger partial charge in [-0.05, 0) is 52.9 Å². The lowest BCUT2D eigenvalue weighted by Crippen LogP contribution is -2.51. The van der Waals surface area contributed by atoms with E-state index >= 15 is 0 Å². The number of rotatable bonds is 4. The van der Waals surface area contributed by atoms with Crippen molar-refractivity contribution < 1.29 is 4.79 Å². The molecule has 0 atom stereocenters. The van der Waals surface area contributed by atoms with Crippen LogP contribution in [-0.4, -0.2) is 61.5 Å². The summed E-state index contributed by atoms with van der Waals surface area (Å²) in [6, 6.07) is 0.441. The molecule has 1 N–H and O–H groups in total. The van der Waals surface area contributed by atoms with Crippen LogP contribution < -0.4 is 5.32 Å². The molecule has 0 aromatic rings. The van der Waals surface area contributed by atoms with Crippen molar-refractivity contribution in [2.75, 3.05) is 34.2 Å². The van der Waals surface area contributed by atoms with E-state index in [0.29, 0.717) is 18.4 Å². The summed E-state index contributed by atoms with van der Waals surface area (Å²) >= 11 is 0. The second-order valence-corrected chi connectivity index (χ2v) is 6.81. The highest BCUT2D eigenvalue weighted by molar-refractivity contribution is 5.77. The first-order valence-corrected chi connectivity index (χ1v) is 8.19. The van der Waals surface area contributed by atoms with Crippen molar-refractivity contribution in [3.05, 3.63) is 0 Å². The molecule has 0 aromatic carbocycles. The van der Waals surface area contributed by atoms with E-state index in [-0.39, 0.29) is 5.54 Å². The Morgan fingerprint density at radius 3 is 2.40 bits per heavy atom. The van der Waals surface area contributed by atoms with Crippen LogP contribution in [0.5, 0.6) is 0 Å². The Morgan fingerprint density at radius 1 is 1.25 bits per heavy atom. The molecule has 116 valence electrons. The van der Waals surface area contributed by atoms with E-state index in [1.54, 1.807) is 0 Å². The van der Waals surface area contributed by atoms with Crippen LogP contribution in [0.3, 0.4) is 0 Å². The fourth-order valence-electron chi connectivity index (χ4n) is 3.74. The van der Waals surface area contributed by atoms with Gasteiger partial charge >= 0.3 is 0 Å². The SMILES string of the molecule is CNC1(CC(=O)N(C)C2CCN(C)CC2)CCCCC1. The molecule has 2 aliphatic rings. The summed E-state index contributed by atoms with van der Waals surface area (Å²) in [6.45, 7) is 2.22. The first-order valence-electron chi connectivity index (χ1n) is 8.19. The van der Waals surface area contributed by atoms with Crippen LogP contribution in [-0.2, 0) is 4.79 Å². The normalized spacial score (nSPS) is 24.6. The van der Waals surface area contributed by atoms with Crippen LogP contribution in [0.2, 0.25) is 0 Å². The van der Waals surface area contributed by atoms with E-state index in [1.807, 2.05) is 19.0 Å². The van der Waals surface area contributed by atoms with Gasteiger partial charge in [0.1, 0.15) is 0 Å². The Kier molecular flexibility index (Phi) is 5.44. The number of amides is 1. The maximum absolute atomic E-state index is 12.6. The number of piperidine rings is 1. The van der Waals surface area contributed by atoms with Gasteiger partial charge in [-0.15, -0.1) is 0 Å². The molecule has 0 unspecified atom stereocenters. The Labute approximate surface area is 123 Å². The number of hydrogen-bond acceptors (Lipinski definition) is 3. The molecular formula is C16H31N3O. The summed E-state index contributed by atoms with van der Waals surface area (Å²) in [5.41, 5.74) is 0.0645. The molecule has 0 radical (unpaired) electrons. The molecule has 1 amide bonds. The second kappa shape index (κ2) is 6.90. The fourth-order valence-corrected chi connectivity index (χ4v) is 3.74. The minimum Gasteiger partial charge on any atom is -0.343 e. The fraction of sp³-hybridized carbons (Fsp3) is 0.938. The Hall–Kier alpha value is -0.610. The lowest BCUT2D eigenvalue weighted by atomic mass is 9.79. The van der Waals surface area contributed by atoms with Crippen LogP contribution in [0.1, 0.15) is 51.4 Å². The third kappa shape index (κ3) is 3.73. The van der Waals surface area contributed by atoms with Gasteiger partial charge in [0.2, 0.25) is 5.91 Å². The maximum atomic E-state index is 12.6. The van der Waals surface area contributed by atoms with Crippen molar-refractivity contribution >= 4 is 5.91 Å². The minimum atomic E-state index is 0.0645. The largest absolute Gasteiger partial charge is 0.343 e. The zero-order valence-electron chi connectivity index (χ0n) is 13.5. The Morgan fingerprint density at radius 2 is 1.85 bits per heavy atom. The zero-order chi connectivity index (χ0) is 14.6. The third-order valence-corrected chi connectivity index (χ3v) is 5.46. The van der Waals surface area contributed by atoms with Gasteiger partial charge in [0.15, 0.2) is 0 Å². The highest BCUT2D eigenvalue weighted by Gasteiger charge is 2.35. The van der Waals surface area contributed by atoms with Crippen molar-refractivity contribution in [1.82, 2.24) is 15.1 Å². The number of nitrogens with one attached hydrogen (secondary N) is 1. The predicted molar refractivity (Wildman–Crippen MR) is 82.8 cm³/mol.